The Morgan fingerprint density at radius 3 is 2.30 bits per heavy atom. The average Bonchev–Trinajstić information content (AvgIpc) is 2.62. The molecule has 2 aromatic rings. The molecule has 0 radical (unpaired) electrons. The van der Waals surface area contributed by atoms with Crippen LogP contribution in [0.15, 0.2) is 53.4 Å². The fraction of sp³-hybridized carbons (Fsp3) is 0.176. The van der Waals surface area contributed by atoms with Crippen molar-refractivity contribution in [3.05, 3.63) is 59.4 Å². The molecule has 0 bridgehead atoms. The van der Waals surface area contributed by atoms with Gasteiger partial charge < -0.3 is 10.1 Å². The monoisotopic (exact) mass is 414 g/mol. The lowest BCUT2D eigenvalue weighted by molar-refractivity contribution is -0.147. The third-order valence-electron chi connectivity index (χ3n) is 3.37. The van der Waals surface area contributed by atoms with Gasteiger partial charge in [0, 0.05) is 17.8 Å². The minimum absolute atomic E-state index is 0.167. The molecule has 0 saturated carbocycles. The Labute approximate surface area is 160 Å². The predicted octanol–water partition coefficient (Wildman–Crippen LogP) is 2.28. The molecular weight excluding hydrogens is 399 g/mol. The van der Waals surface area contributed by atoms with E-state index in [4.69, 9.17) is 16.3 Å². The second-order valence-electron chi connectivity index (χ2n) is 5.43. The summed E-state index contributed by atoms with van der Waals surface area (Å²) in [4.78, 5) is 23.4. The maximum Gasteiger partial charge on any atom is 0.321 e. The number of esters is 1. The van der Waals surface area contributed by atoms with E-state index in [9.17, 15) is 22.4 Å². The molecule has 0 aliphatic carbocycles. The molecule has 0 saturated heterocycles. The maximum atomic E-state index is 12.9. The zero-order chi connectivity index (χ0) is 20.0. The number of nitrogens with zero attached hydrogens (tertiary/aromatic N) is 1. The van der Waals surface area contributed by atoms with E-state index in [0.717, 1.165) is 28.6 Å². The van der Waals surface area contributed by atoms with Gasteiger partial charge >= 0.3 is 5.97 Å². The zero-order valence-corrected chi connectivity index (χ0v) is 15.8. The Hall–Kier alpha value is -2.49. The van der Waals surface area contributed by atoms with Crippen LogP contribution in [0.25, 0.3) is 0 Å². The second kappa shape index (κ2) is 8.94. The first-order valence-corrected chi connectivity index (χ1v) is 9.43. The van der Waals surface area contributed by atoms with Crippen LogP contribution in [0.3, 0.4) is 0 Å². The van der Waals surface area contributed by atoms with Crippen molar-refractivity contribution in [1.29, 1.82) is 0 Å². The molecule has 2 aromatic carbocycles. The van der Waals surface area contributed by atoms with Crippen LogP contribution in [0.5, 0.6) is 0 Å². The van der Waals surface area contributed by atoms with Crippen LogP contribution in [-0.2, 0) is 24.3 Å². The van der Waals surface area contributed by atoms with Crippen molar-refractivity contribution < 1.29 is 27.1 Å². The van der Waals surface area contributed by atoms with Gasteiger partial charge in [0.15, 0.2) is 6.61 Å². The van der Waals surface area contributed by atoms with E-state index in [0.29, 0.717) is 10.7 Å². The number of ether oxygens (including phenoxy) is 1. The Bertz CT molecular complexity index is 917. The Morgan fingerprint density at radius 2 is 1.70 bits per heavy atom. The lowest BCUT2D eigenvalue weighted by Gasteiger charge is -2.16. The third kappa shape index (κ3) is 6.02. The number of hydrogen-bond donors (Lipinski definition) is 1. The number of anilines is 1. The first kappa shape index (κ1) is 20.8. The molecular formula is C17H16ClFN2O5S. The normalized spacial score (nSPS) is 11.3. The van der Waals surface area contributed by atoms with Gasteiger partial charge in [-0.3, -0.25) is 9.59 Å². The van der Waals surface area contributed by atoms with Gasteiger partial charge in [0.1, 0.15) is 12.4 Å². The van der Waals surface area contributed by atoms with Crippen molar-refractivity contribution in [3.63, 3.8) is 0 Å². The summed E-state index contributed by atoms with van der Waals surface area (Å²) in [6, 6.07) is 10.5. The van der Waals surface area contributed by atoms with Gasteiger partial charge in [-0.1, -0.05) is 11.6 Å². The van der Waals surface area contributed by atoms with E-state index in [1.165, 1.54) is 7.05 Å². The van der Waals surface area contributed by atoms with Crippen LogP contribution in [-0.4, -0.2) is 44.8 Å². The van der Waals surface area contributed by atoms with E-state index in [1.54, 1.807) is 24.3 Å². The van der Waals surface area contributed by atoms with Gasteiger partial charge in [-0.05, 0) is 48.5 Å². The van der Waals surface area contributed by atoms with Crippen LogP contribution < -0.4 is 5.32 Å². The molecule has 144 valence electrons. The van der Waals surface area contributed by atoms with Crippen LogP contribution in [0, 0.1) is 5.82 Å². The molecule has 0 aromatic heterocycles. The van der Waals surface area contributed by atoms with Crippen LogP contribution in [0.4, 0.5) is 10.1 Å². The van der Waals surface area contributed by atoms with E-state index >= 15 is 0 Å². The molecule has 0 heterocycles. The van der Waals surface area contributed by atoms with Crippen molar-refractivity contribution in [1.82, 2.24) is 4.31 Å². The number of rotatable bonds is 7. The summed E-state index contributed by atoms with van der Waals surface area (Å²) < 4.78 is 43.0. The number of carbonyl (C=O) groups excluding carboxylic acids is 2. The molecule has 1 amide bonds. The van der Waals surface area contributed by atoms with Crippen LogP contribution in [0.1, 0.15) is 0 Å². The molecule has 0 spiro atoms. The van der Waals surface area contributed by atoms with Gasteiger partial charge in [0.05, 0.1) is 4.90 Å². The summed E-state index contributed by atoms with van der Waals surface area (Å²) in [6.07, 6.45) is 0. The standard InChI is InChI=1S/C17H16ClFN2O5S/c1-21(27(24,25)15-8-4-13(19)5-9-15)10-17(23)26-11-16(22)20-14-6-2-12(18)3-7-14/h2-9H,10-11H2,1H3,(H,20,22). The molecule has 0 aliphatic rings. The number of halogens is 2. The van der Waals surface area contributed by atoms with Gasteiger partial charge in [0.2, 0.25) is 10.0 Å². The highest BCUT2D eigenvalue weighted by molar-refractivity contribution is 7.89. The Balaban J connectivity index is 1.86. The van der Waals surface area contributed by atoms with Gasteiger partial charge in [-0.2, -0.15) is 4.31 Å². The quantitative estimate of drug-likeness (QED) is 0.701. The van der Waals surface area contributed by atoms with Crippen LogP contribution in [0.2, 0.25) is 5.02 Å². The average molecular weight is 415 g/mol. The lowest BCUT2D eigenvalue weighted by Crippen LogP contribution is -2.34. The smallest absolute Gasteiger partial charge is 0.321 e. The topological polar surface area (TPSA) is 92.8 Å². The summed E-state index contributed by atoms with van der Waals surface area (Å²) in [6.45, 7) is -1.18. The van der Waals surface area contributed by atoms with Gasteiger partial charge in [-0.25, -0.2) is 12.8 Å². The fourth-order valence-electron chi connectivity index (χ4n) is 1.98. The number of benzene rings is 2. The molecule has 0 atom stereocenters. The molecule has 0 unspecified atom stereocenters. The number of carbonyl (C=O) groups is 2. The molecule has 10 heteroatoms. The van der Waals surface area contributed by atoms with Gasteiger partial charge in [-0.15, -0.1) is 0 Å². The highest BCUT2D eigenvalue weighted by Crippen LogP contribution is 2.15. The number of nitrogens with one attached hydrogen (secondary N) is 1. The molecule has 2 rings (SSSR count). The minimum atomic E-state index is -3.99. The second-order valence-corrected chi connectivity index (χ2v) is 7.91. The summed E-state index contributed by atoms with van der Waals surface area (Å²) >= 11 is 5.73. The molecule has 0 fully saturated rings. The predicted molar refractivity (Wildman–Crippen MR) is 97.3 cm³/mol. The highest BCUT2D eigenvalue weighted by Gasteiger charge is 2.23. The third-order valence-corrected chi connectivity index (χ3v) is 5.44. The maximum absolute atomic E-state index is 12.9. The van der Waals surface area contributed by atoms with Crippen LogP contribution >= 0.6 is 11.6 Å². The summed E-state index contributed by atoms with van der Waals surface area (Å²) in [5.74, 6) is -2.08. The van der Waals surface area contributed by atoms with Crippen molar-refractivity contribution in [2.24, 2.45) is 0 Å². The van der Waals surface area contributed by atoms with Gasteiger partial charge in [0.25, 0.3) is 5.91 Å². The summed E-state index contributed by atoms with van der Waals surface area (Å²) in [5.41, 5.74) is 0.469. The lowest BCUT2D eigenvalue weighted by atomic mass is 10.3. The van der Waals surface area contributed by atoms with Crippen molar-refractivity contribution in [3.8, 4) is 0 Å². The summed E-state index contributed by atoms with van der Waals surface area (Å²) in [7, 11) is -2.81. The zero-order valence-electron chi connectivity index (χ0n) is 14.2. The minimum Gasteiger partial charge on any atom is -0.455 e. The van der Waals surface area contributed by atoms with E-state index in [1.807, 2.05) is 0 Å². The highest BCUT2D eigenvalue weighted by atomic mass is 35.5. The largest absolute Gasteiger partial charge is 0.455 e. The number of likely N-dealkylation sites (N-methyl/N-ethyl adjacent to an activating group) is 1. The van der Waals surface area contributed by atoms with E-state index in [-0.39, 0.29) is 4.90 Å². The molecule has 27 heavy (non-hydrogen) atoms. The first-order valence-electron chi connectivity index (χ1n) is 7.61. The Morgan fingerprint density at radius 1 is 1.11 bits per heavy atom. The number of hydrogen-bond acceptors (Lipinski definition) is 5. The van der Waals surface area contributed by atoms with Crippen molar-refractivity contribution >= 4 is 39.2 Å². The summed E-state index contributed by atoms with van der Waals surface area (Å²) in [5, 5.41) is 3.00. The molecule has 7 nitrogen and oxygen atoms in total. The Kier molecular flexibility index (Phi) is 6.89. The van der Waals surface area contributed by atoms with Crippen molar-refractivity contribution in [2.75, 3.05) is 25.5 Å². The van der Waals surface area contributed by atoms with E-state index in [2.05, 4.69) is 5.32 Å². The molecule has 0 aliphatic heterocycles. The number of amides is 1. The SMILES string of the molecule is CN(CC(=O)OCC(=O)Nc1ccc(Cl)cc1)S(=O)(=O)c1ccc(F)cc1. The number of sulfonamides is 1. The fourth-order valence-corrected chi connectivity index (χ4v) is 3.22. The first-order chi connectivity index (χ1) is 12.7. The van der Waals surface area contributed by atoms with E-state index < -0.39 is 40.9 Å². The molecule has 1 N–H and O–H groups in total. The van der Waals surface area contributed by atoms with Crippen molar-refractivity contribution in [2.45, 2.75) is 4.90 Å².